The van der Waals surface area contributed by atoms with E-state index < -0.39 is 0 Å². The highest BCUT2D eigenvalue weighted by Crippen LogP contribution is 2.23. The summed E-state index contributed by atoms with van der Waals surface area (Å²) in [7, 11) is 2.00. The quantitative estimate of drug-likeness (QED) is 0.151. The van der Waals surface area contributed by atoms with Crippen LogP contribution in [0.15, 0.2) is 58.2 Å². The van der Waals surface area contributed by atoms with Crippen LogP contribution in [-0.4, -0.2) is 18.3 Å². The average molecular weight is 414 g/mol. The van der Waals surface area contributed by atoms with Crippen LogP contribution in [0.3, 0.4) is 0 Å². The Kier molecular flexibility index (Phi) is 13.7. The van der Waals surface area contributed by atoms with Crippen LogP contribution < -0.4 is 0 Å². The Morgan fingerprint density at radius 3 is 1.37 bits per heavy atom. The first kappa shape index (κ1) is 26.7. The van der Waals surface area contributed by atoms with Crippen LogP contribution in [0.5, 0.6) is 0 Å². The lowest BCUT2D eigenvalue weighted by Crippen LogP contribution is -1.94. The number of unbranched alkanes of at least 4 members (excludes halogenated alkanes) is 1. The van der Waals surface area contributed by atoms with Gasteiger partial charge in [-0.05, 0) is 106 Å². The second-order valence-corrected chi connectivity index (χ2v) is 9.32. The lowest BCUT2D eigenvalue weighted by molar-refractivity contribution is 0.232. The van der Waals surface area contributed by atoms with Gasteiger partial charge in [-0.25, -0.2) is 0 Å². The Balaban J connectivity index is 2.14. The van der Waals surface area contributed by atoms with Gasteiger partial charge in [-0.2, -0.15) is 5.06 Å². The topological polar surface area (TPSA) is 15.5 Å². The normalized spacial score (nSPS) is 20.5. The van der Waals surface area contributed by atoms with E-state index in [9.17, 15) is 0 Å². The van der Waals surface area contributed by atoms with Crippen molar-refractivity contribution < 1.29 is 4.84 Å². The molecule has 0 saturated carbocycles. The summed E-state index contributed by atoms with van der Waals surface area (Å²) in [5.41, 5.74) is 7.48. The van der Waals surface area contributed by atoms with Gasteiger partial charge in [0.05, 0.1) is 0 Å². The van der Waals surface area contributed by atoms with E-state index in [2.05, 4.69) is 71.9 Å². The van der Waals surface area contributed by atoms with Crippen LogP contribution in [0.1, 0.15) is 106 Å². The molecule has 1 saturated heterocycles. The minimum atomic E-state index is 0.360. The second-order valence-electron chi connectivity index (χ2n) is 9.32. The van der Waals surface area contributed by atoms with Crippen molar-refractivity contribution >= 4 is 0 Å². The number of hydrogen-bond acceptors (Lipinski definition) is 2. The van der Waals surface area contributed by atoms with E-state index in [0.717, 1.165) is 32.1 Å². The van der Waals surface area contributed by atoms with Crippen LogP contribution in [0.25, 0.3) is 0 Å². The molecule has 30 heavy (non-hydrogen) atoms. The summed E-state index contributed by atoms with van der Waals surface area (Å²) >= 11 is 0. The number of rotatable bonds is 15. The molecule has 1 aliphatic rings. The van der Waals surface area contributed by atoms with Crippen LogP contribution in [-0.2, 0) is 4.84 Å². The summed E-state index contributed by atoms with van der Waals surface area (Å²) in [6.07, 6.45) is 24.0. The van der Waals surface area contributed by atoms with Crippen molar-refractivity contribution in [1.82, 2.24) is 5.06 Å². The summed E-state index contributed by atoms with van der Waals surface area (Å²) in [4.78, 5) is 5.32. The molecule has 1 fully saturated rings. The van der Waals surface area contributed by atoms with E-state index in [-0.39, 0.29) is 0 Å². The first-order valence-corrected chi connectivity index (χ1v) is 11.9. The van der Waals surface area contributed by atoms with Gasteiger partial charge in [0.2, 0.25) is 0 Å². The third kappa shape index (κ3) is 14.6. The van der Waals surface area contributed by atoms with Crippen molar-refractivity contribution in [3.05, 3.63) is 58.2 Å². The maximum absolute atomic E-state index is 5.32. The monoisotopic (exact) mass is 413 g/mol. The highest BCUT2D eigenvalue weighted by atomic mass is 16.8. The van der Waals surface area contributed by atoms with E-state index in [1.807, 2.05) is 12.1 Å². The summed E-state index contributed by atoms with van der Waals surface area (Å²) in [5, 5.41) is 1.93. The molecule has 0 N–H and O–H groups in total. The fourth-order valence-corrected chi connectivity index (χ4v) is 3.50. The molecule has 0 aromatic rings. The van der Waals surface area contributed by atoms with Crippen LogP contribution in [0, 0.1) is 0 Å². The lowest BCUT2D eigenvalue weighted by atomic mass is 10.0. The van der Waals surface area contributed by atoms with Gasteiger partial charge in [0.1, 0.15) is 0 Å². The third-order valence-corrected chi connectivity index (χ3v) is 5.74. The fourth-order valence-electron chi connectivity index (χ4n) is 3.50. The molecule has 0 amide bonds. The van der Waals surface area contributed by atoms with Crippen molar-refractivity contribution in [3.8, 4) is 0 Å². The van der Waals surface area contributed by atoms with Gasteiger partial charge in [-0.3, -0.25) is 4.84 Å². The maximum atomic E-state index is 5.32. The predicted molar refractivity (Wildman–Crippen MR) is 133 cm³/mol. The zero-order valence-electron chi connectivity index (χ0n) is 20.9. The zero-order chi connectivity index (χ0) is 22.4. The molecular formula is C28H47NO. The molecule has 0 spiro atoms. The van der Waals surface area contributed by atoms with Crippen molar-refractivity contribution in [1.29, 1.82) is 0 Å². The van der Waals surface area contributed by atoms with Crippen molar-refractivity contribution in [2.75, 3.05) is 7.05 Å². The molecule has 0 aromatic heterocycles. The molecule has 2 unspecified atom stereocenters. The number of allylic oxidation sites excluding steroid dienone is 10. The highest BCUT2D eigenvalue weighted by Gasteiger charge is 2.30. The smallest absolute Gasteiger partial charge is 0.154 e. The van der Waals surface area contributed by atoms with E-state index in [1.54, 1.807) is 0 Å². The third-order valence-electron chi connectivity index (χ3n) is 5.74. The number of nitrogens with zero attached hydrogens (tertiary/aromatic N) is 1. The van der Waals surface area contributed by atoms with Crippen molar-refractivity contribution in [2.45, 2.75) is 112 Å². The molecule has 1 heterocycles. The van der Waals surface area contributed by atoms with Crippen LogP contribution >= 0.6 is 0 Å². The van der Waals surface area contributed by atoms with Gasteiger partial charge >= 0.3 is 0 Å². The highest BCUT2D eigenvalue weighted by molar-refractivity contribution is 5.07. The standard InChI is InChI=1S/C28H47NO/c1-23(2)13-10-16-26(5)19-11-17-24(3)14-8-9-15-25(4)18-12-20-27(6)21-22-28-29(7)30-28/h13-15,19-20,28H,8-12,16-18,21-22H2,1-7H3/b24-14-,25-15-,26-19-,27-20-. The summed E-state index contributed by atoms with van der Waals surface area (Å²) in [6, 6.07) is 0. The van der Waals surface area contributed by atoms with Gasteiger partial charge < -0.3 is 0 Å². The molecular weight excluding hydrogens is 366 g/mol. The van der Waals surface area contributed by atoms with Gasteiger partial charge in [-0.1, -0.05) is 58.2 Å². The van der Waals surface area contributed by atoms with Crippen molar-refractivity contribution in [2.24, 2.45) is 0 Å². The van der Waals surface area contributed by atoms with E-state index in [0.29, 0.717) is 6.23 Å². The van der Waals surface area contributed by atoms with E-state index in [1.165, 1.54) is 60.0 Å². The Morgan fingerprint density at radius 1 is 0.600 bits per heavy atom. The molecule has 0 aromatic carbocycles. The minimum Gasteiger partial charge on any atom is -0.275 e. The molecule has 0 bridgehead atoms. The Morgan fingerprint density at radius 2 is 0.967 bits per heavy atom. The number of hydroxylamine groups is 2. The Bertz CT molecular complexity index is 644. The molecule has 170 valence electrons. The second kappa shape index (κ2) is 15.4. The SMILES string of the molecule is CC(C)=CCC/C(C)=C\CC/C(C)=C\CC/C=C(/C)CC/C=C(/C)CCC1ON1C. The van der Waals surface area contributed by atoms with Crippen molar-refractivity contribution in [3.63, 3.8) is 0 Å². The predicted octanol–water partition coefficient (Wildman–Crippen LogP) is 8.84. The molecule has 1 rings (SSSR count). The first-order chi connectivity index (χ1) is 14.3. The fraction of sp³-hybridized carbons (Fsp3) is 0.643. The Labute approximate surface area is 187 Å². The number of hydrogen-bond donors (Lipinski definition) is 0. The van der Waals surface area contributed by atoms with Gasteiger partial charge in [0.25, 0.3) is 0 Å². The van der Waals surface area contributed by atoms with Gasteiger partial charge in [0.15, 0.2) is 6.23 Å². The Hall–Kier alpha value is -1.38. The molecule has 0 radical (unpaired) electrons. The minimum absolute atomic E-state index is 0.360. The van der Waals surface area contributed by atoms with Crippen LogP contribution in [0.4, 0.5) is 0 Å². The molecule has 2 heteroatoms. The largest absolute Gasteiger partial charge is 0.275 e. The average Bonchev–Trinajstić information content (AvgIpc) is 3.38. The van der Waals surface area contributed by atoms with E-state index in [4.69, 9.17) is 4.84 Å². The van der Waals surface area contributed by atoms with Gasteiger partial charge in [-0.15, -0.1) is 0 Å². The first-order valence-electron chi connectivity index (χ1n) is 11.9. The van der Waals surface area contributed by atoms with E-state index >= 15 is 0 Å². The van der Waals surface area contributed by atoms with Crippen LogP contribution in [0.2, 0.25) is 0 Å². The molecule has 0 aliphatic carbocycles. The summed E-state index contributed by atoms with van der Waals surface area (Å²) < 4.78 is 0. The lowest BCUT2D eigenvalue weighted by Gasteiger charge is -2.02. The molecule has 1 aliphatic heterocycles. The zero-order valence-corrected chi connectivity index (χ0v) is 20.9. The van der Waals surface area contributed by atoms with Gasteiger partial charge in [0, 0.05) is 7.05 Å². The molecule has 2 atom stereocenters. The maximum Gasteiger partial charge on any atom is 0.154 e. The molecule has 2 nitrogen and oxygen atoms in total. The summed E-state index contributed by atoms with van der Waals surface area (Å²) in [5.74, 6) is 0. The summed E-state index contributed by atoms with van der Waals surface area (Å²) in [6.45, 7) is 13.4.